The van der Waals surface area contributed by atoms with Gasteiger partial charge in [-0.2, -0.15) is 0 Å². The third-order valence-electron chi connectivity index (χ3n) is 16.4. The molecule has 18 unspecified atom stereocenters. The Morgan fingerprint density at radius 3 is 2.26 bits per heavy atom. The number of aliphatic hydroxyl groups excluding tert-OH is 5. The van der Waals surface area contributed by atoms with E-state index in [-0.39, 0.29) is 41.1 Å². The summed E-state index contributed by atoms with van der Waals surface area (Å²) < 4.78 is 30.2. The summed E-state index contributed by atoms with van der Waals surface area (Å²) in [5.41, 5.74) is -3.14. The van der Waals surface area contributed by atoms with Crippen molar-refractivity contribution in [2.24, 2.45) is 50.7 Å². The Kier molecular flexibility index (Phi) is 8.63. The van der Waals surface area contributed by atoms with Gasteiger partial charge < -0.3 is 54.3 Å². The van der Waals surface area contributed by atoms with Gasteiger partial charge in [-0.05, 0) is 86.4 Å². The van der Waals surface area contributed by atoms with Gasteiger partial charge >= 0.3 is 5.97 Å². The Morgan fingerprint density at radius 2 is 1.62 bits per heavy atom. The zero-order valence-electron chi connectivity index (χ0n) is 31.3. The lowest BCUT2D eigenvalue weighted by Gasteiger charge is -2.64. The lowest BCUT2D eigenvalue weighted by atomic mass is 9.41. The molecule has 2 spiro atoms. The molecular formula is C38H62O12. The van der Waals surface area contributed by atoms with Gasteiger partial charge in [0.2, 0.25) is 0 Å². The van der Waals surface area contributed by atoms with Crippen LogP contribution in [0.5, 0.6) is 0 Å². The van der Waals surface area contributed by atoms with Crippen LogP contribution in [0.25, 0.3) is 0 Å². The number of hydrogen-bond acceptors (Lipinski definition) is 12. The summed E-state index contributed by atoms with van der Waals surface area (Å²) >= 11 is 0. The lowest BCUT2D eigenvalue weighted by Crippen LogP contribution is -2.64. The number of aliphatic hydroxyl groups is 6. The molecule has 12 heteroatoms. The first-order valence-corrected chi connectivity index (χ1v) is 18.9. The molecule has 0 radical (unpaired) electrons. The van der Waals surface area contributed by atoms with Crippen LogP contribution in [-0.2, 0) is 28.5 Å². The normalized spacial score (nSPS) is 55.8. The monoisotopic (exact) mass is 710 g/mol. The van der Waals surface area contributed by atoms with Gasteiger partial charge in [0, 0.05) is 37.2 Å². The van der Waals surface area contributed by atoms with Crippen molar-refractivity contribution in [2.75, 3.05) is 13.7 Å². The smallest absolute Gasteiger partial charge is 0.303 e. The van der Waals surface area contributed by atoms with Crippen molar-refractivity contribution < 1.29 is 59.1 Å². The fourth-order valence-corrected chi connectivity index (χ4v) is 13.9. The Bertz CT molecular complexity index is 1360. The molecule has 50 heavy (non-hydrogen) atoms. The van der Waals surface area contributed by atoms with E-state index in [2.05, 4.69) is 34.6 Å². The molecule has 5 aliphatic carbocycles. The zero-order chi connectivity index (χ0) is 36.8. The third kappa shape index (κ3) is 4.56. The van der Waals surface area contributed by atoms with Gasteiger partial charge in [-0.15, -0.1) is 0 Å². The fraction of sp³-hybridized carbons (Fsp3) is 0.974. The summed E-state index contributed by atoms with van der Waals surface area (Å²) in [5, 5.41) is 68.4. The highest BCUT2D eigenvalue weighted by Gasteiger charge is 2.88. The molecular weight excluding hydrogens is 648 g/mol. The van der Waals surface area contributed by atoms with Crippen molar-refractivity contribution in [2.45, 2.75) is 167 Å². The number of methoxy groups -OCH3 is 1. The topological polar surface area (TPSA) is 185 Å². The second kappa shape index (κ2) is 11.5. The molecule has 18 atom stereocenters. The summed E-state index contributed by atoms with van der Waals surface area (Å²) in [7, 11) is 1.56. The van der Waals surface area contributed by atoms with Gasteiger partial charge in [0.25, 0.3) is 0 Å². The molecule has 2 aliphatic heterocycles. The lowest BCUT2D eigenvalue weighted by molar-refractivity contribution is -0.343. The van der Waals surface area contributed by atoms with Crippen LogP contribution in [0.3, 0.4) is 0 Å². The first-order valence-electron chi connectivity index (χ1n) is 18.9. The summed E-state index contributed by atoms with van der Waals surface area (Å²) in [6, 6.07) is 0. The van der Waals surface area contributed by atoms with E-state index in [0.717, 1.165) is 32.1 Å². The zero-order valence-corrected chi connectivity index (χ0v) is 31.3. The van der Waals surface area contributed by atoms with Gasteiger partial charge in [0.1, 0.15) is 36.1 Å². The molecule has 0 bridgehead atoms. The molecule has 7 fully saturated rings. The van der Waals surface area contributed by atoms with Crippen LogP contribution in [0.2, 0.25) is 0 Å². The largest absolute Gasteiger partial charge is 0.457 e. The van der Waals surface area contributed by atoms with Gasteiger partial charge in [-0.25, -0.2) is 0 Å². The maximum absolute atomic E-state index is 12.7. The molecule has 5 saturated carbocycles. The van der Waals surface area contributed by atoms with Crippen LogP contribution in [0, 0.1) is 50.7 Å². The first kappa shape index (κ1) is 37.4. The number of esters is 1. The van der Waals surface area contributed by atoms with E-state index in [0.29, 0.717) is 12.8 Å². The molecule has 0 aromatic rings. The average molecular weight is 711 g/mol. The van der Waals surface area contributed by atoms with Crippen molar-refractivity contribution in [1.29, 1.82) is 0 Å². The maximum Gasteiger partial charge on any atom is 0.303 e. The van der Waals surface area contributed by atoms with Crippen LogP contribution >= 0.6 is 0 Å². The van der Waals surface area contributed by atoms with E-state index in [1.807, 2.05) is 13.8 Å². The van der Waals surface area contributed by atoms with Crippen LogP contribution < -0.4 is 0 Å². The number of carbonyl (C=O) groups is 1. The summed E-state index contributed by atoms with van der Waals surface area (Å²) in [5.74, 6) is -2.65. The van der Waals surface area contributed by atoms with Crippen LogP contribution in [-0.4, -0.2) is 117 Å². The SMILES string of the molecule is COC(C)(C)C(OC(C)=O)C1CC(C)C2C(O)(O1)C(O)C1(C)C3CCC4C(C)(C)C(OC5OCC(O)C(O)C5O)CC(O)C45CC35CCC21C. The molecule has 286 valence electrons. The summed E-state index contributed by atoms with van der Waals surface area (Å²) in [4.78, 5) is 12.3. The Balaban J connectivity index is 1.19. The molecule has 7 aliphatic rings. The fourth-order valence-electron chi connectivity index (χ4n) is 13.9. The molecule has 2 saturated heterocycles. The van der Waals surface area contributed by atoms with Crippen molar-refractivity contribution in [3.05, 3.63) is 0 Å². The number of hydrogen-bond donors (Lipinski definition) is 6. The van der Waals surface area contributed by atoms with Crippen molar-refractivity contribution in [3.8, 4) is 0 Å². The van der Waals surface area contributed by atoms with E-state index in [9.17, 15) is 35.4 Å². The highest BCUT2D eigenvalue weighted by molar-refractivity contribution is 5.66. The van der Waals surface area contributed by atoms with E-state index in [1.54, 1.807) is 7.11 Å². The minimum atomic E-state index is -1.87. The average Bonchev–Trinajstić information content (AvgIpc) is 3.70. The summed E-state index contributed by atoms with van der Waals surface area (Å²) in [6.07, 6.45) is -4.03. The van der Waals surface area contributed by atoms with Crippen molar-refractivity contribution in [3.63, 3.8) is 0 Å². The van der Waals surface area contributed by atoms with Crippen molar-refractivity contribution in [1.82, 2.24) is 0 Å². The number of fused-ring (bicyclic) bond motifs is 4. The first-order chi connectivity index (χ1) is 23.1. The van der Waals surface area contributed by atoms with Crippen molar-refractivity contribution >= 4 is 5.97 Å². The minimum Gasteiger partial charge on any atom is -0.457 e. The standard InChI is InChI=1S/C38H62O12/c1-18-14-21(29(48-19(2)39)33(5,6)46-9)50-38(45)28(18)34(7)12-13-36-17-37(36)22(10-11-23(36)35(34,8)31(38)44)32(3,4)25(15-24(37)41)49-30-27(43)26(42)20(40)16-47-30/h18,20-31,40-45H,10-17H2,1-9H3. The number of carbonyl (C=O) groups excluding carboxylic acids is 1. The molecule has 2 heterocycles. The van der Waals surface area contributed by atoms with Gasteiger partial charge in [0.05, 0.1) is 18.8 Å². The summed E-state index contributed by atoms with van der Waals surface area (Å²) in [6.45, 7) is 15.7. The Morgan fingerprint density at radius 1 is 0.960 bits per heavy atom. The van der Waals surface area contributed by atoms with E-state index >= 15 is 0 Å². The highest BCUT2D eigenvalue weighted by atomic mass is 16.7. The predicted molar refractivity (Wildman–Crippen MR) is 178 cm³/mol. The minimum absolute atomic E-state index is 0.0200. The second-order valence-corrected chi connectivity index (χ2v) is 19.0. The molecule has 12 nitrogen and oxygen atoms in total. The number of ether oxygens (including phenoxy) is 5. The van der Waals surface area contributed by atoms with E-state index in [4.69, 9.17) is 23.7 Å². The quantitative estimate of drug-likeness (QED) is 0.175. The Labute approximate surface area is 296 Å². The van der Waals surface area contributed by atoms with Crippen LogP contribution in [0.15, 0.2) is 0 Å². The Hall–Kier alpha value is -0.930. The second-order valence-electron chi connectivity index (χ2n) is 19.0. The van der Waals surface area contributed by atoms with Gasteiger partial charge in [0.15, 0.2) is 18.2 Å². The van der Waals surface area contributed by atoms with E-state index < -0.39 is 88.7 Å². The van der Waals surface area contributed by atoms with Crippen LogP contribution in [0.1, 0.15) is 100 Å². The third-order valence-corrected chi connectivity index (χ3v) is 16.4. The highest BCUT2D eigenvalue weighted by Crippen LogP contribution is 2.89. The molecule has 0 aromatic carbocycles. The predicted octanol–water partition coefficient (Wildman–Crippen LogP) is 2.27. The van der Waals surface area contributed by atoms with Gasteiger partial charge in [-0.1, -0.05) is 34.6 Å². The van der Waals surface area contributed by atoms with Crippen LogP contribution in [0.4, 0.5) is 0 Å². The molecule has 6 N–H and O–H groups in total. The molecule has 0 aromatic heterocycles. The van der Waals surface area contributed by atoms with Gasteiger partial charge in [-0.3, -0.25) is 4.79 Å². The molecule has 7 rings (SSSR count). The maximum atomic E-state index is 12.7. The number of rotatable bonds is 6. The molecule has 0 amide bonds. The van der Waals surface area contributed by atoms with E-state index in [1.165, 1.54) is 6.92 Å².